The average molecular weight is 1010 g/mol. The third-order valence-corrected chi connectivity index (χ3v) is 33.0. The van der Waals surface area contributed by atoms with Crippen molar-refractivity contribution in [2.24, 2.45) is 0 Å². The average Bonchev–Trinajstić information content (AvgIpc) is 3.98. The molecule has 0 bridgehead atoms. The van der Waals surface area contributed by atoms with Crippen LogP contribution in [0.2, 0.25) is 0 Å². The molecule has 0 saturated carbocycles. The largest absolute Gasteiger partial charge is 0.121 e. The number of rotatable bonds is 20. The zero-order valence-electron chi connectivity index (χ0n) is 28.7. The Kier molecular flexibility index (Phi) is 21.5. The second kappa shape index (κ2) is 24.5. The predicted molar refractivity (Wildman–Crippen MR) is 279 cm³/mol. The molecule has 18 heteroatoms. The Balaban J connectivity index is 0.959. The second-order valence-electron chi connectivity index (χ2n) is 10.8. The van der Waals surface area contributed by atoms with Crippen LogP contribution in [0.3, 0.4) is 0 Å². The smallest absolute Gasteiger partial charge is 0.0718 e. The lowest BCUT2D eigenvalue weighted by Gasteiger charge is -2.07. The van der Waals surface area contributed by atoms with Crippen LogP contribution in [0, 0.1) is 0 Å². The van der Waals surface area contributed by atoms with Crippen LogP contribution in [0.25, 0.3) is 0 Å². The fraction of sp³-hybridized carbons (Fsp3) is 0.515. The monoisotopic (exact) mass is 1010 g/mol. The van der Waals surface area contributed by atoms with Gasteiger partial charge in [0, 0.05) is 0 Å². The summed E-state index contributed by atoms with van der Waals surface area (Å²) >= 11 is 36.3. The minimum absolute atomic E-state index is 1.19. The molecule has 6 aliphatic heterocycles. The zero-order chi connectivity index (χ0) is 35.4. The van der Waals surface area contributed by atoms with Gasteiger partial charge in [-0.05, 0) is 65.6 Å². The van der Waals surface area contributed by atoms with Crippen LogP contribution >= 0.6 is 212 Å². The first-order valence-electron chi connectivity index (χ1n) is 16.7. The van der Waals surface area contributed by atoms with Crippen LogP contribution in [0.15, 0.2) is 70.1 Å². The summed E-state index contributed by atoms with van der Waals surface area (Å²) in [5, 5.41) is 4.41. The van der Waals surface area contributed by atoms with E-state index in [-0.39, 0.29) is 0 Å². The molecule has 51 heavy (non-hydrogen) atoms. The molecule has 6 aliphatic rings. The van der Waals surface area contributed by atoms with E-state index in [1.165, 1.54) is 132 Å². The van der Waals surface area contributed by atoms with Crippen molar-refractivity contribution >= 4 is 212 Å². The van der Waals surface area contributed by atoms with Crippen LogP contribution in [-0.2, 0) is 0 Å². The Morgan fingerprint density at radius 2 is 0.667 bits per heavy atom. The first-order valence-corrected chi connectivity index (χ1v) is 33.0. The van der Waals surface area contributed by atoms with Gasteiger partial charge in [0.25, 0.3) is 0 Å². The summed E-state index contributed by atoms with van der Waals surface area (Å²) in [5.74, 6) is 4.89. The topological polar surface area (TPSA) is 0 Å². The van der Waals surface area contributed by atoms with Gasteiger partial charge in [-0.2, -0.15) is 0 Å². The molecule has 280 valence electrons. The molecule has 0 N–H and O–H groups in total. The van der Waals surface area contributed by atoms with E-state index in [1.807, 2.05) is 141 Å². The van der Waals surface area contributed by atoms with Crippen molar-refractivity contribution in [2.45, 2.75) is 71.6 Å². The number of hydrogen-bond acceptors (Lipinski definition) is 18. The maximum Gasteiger partial charge on any atom is 0.0718 e. The molecule has 0 amide bonds. The predicted octanol–water partition coefficient (Wildman–Crippen LogP) is 19.4. The minimum Gasteiger partial charge on any atom is -0.121 e. The van der Waals surface area contributed by atoms with E-state index in [1.54, 1.807) is 8.47 Å². The van der Waals surface area contributed by atoms with Gasteiger partial charge in [0.1, 0.15) is 0 Å². The molecule has 0 aromatic rings. The van der Waals surface area contributed by atoms with Crippen molar-refractivity contribution in [3.8, 4) is 0 Å². The summed E-state index contributed by atoms with van der Waals surface area (Å²) in [6.07, 6.45) is 16.5. The zero-order valence-corrected chi connectivity index (χ0v) is 43.4. The van der Waals surface area contributed by atoms with Gasteiger partial charge in [0.15, 0.2) is 0 Å². The summed E-state index contributed by atoms with van der Waals surface area (Å²) in [6.45, 7) is 4.61. The van der Waals surface area contributed by atoms with Crippen molar-refractivity contribution in [1.82, 2.24) is 0 Å². The number of hydrogen-bond donors (Lipinski definition) is 0. The van der Waals surface area contributed by atoms with Crippen molar-refractivity contribution in [3.63, 3.8) is 0 Å². The van der Waals surface area contributed by atoms with Crippen molar-refractivity contribution in [3.05, 3.63) is 70.1 Å². The molecule has 0 aromatic heterocycles. The molecule has 6 heterocycles. The maximum absolute atomic E-state index is 2.31. The molecule has 0 radical (unpaired) electrons. The quantitative estimate of drug-likeness (QED) is 0.106. The maximum atomic E-state index is 2.31. The molecular weight excluding hydrogens is 974 g/mol. The van der Waals surface area contributed by atoms with Crippen molar-refractivity contribution < 1.29 is 0 Å². The molecule has 0 atom stereocenters. The van der Waals surface area contributed by atoms with E-state index in [4.69, 9.17) is 0 Å². The number of unbranched alkanes of at least 4 members (excludes halogenated alkanes) is 6. The van der Waals surface area contributed by atoms with Crippen LogP contribution in [0.1, 0.15) is 71.6 Å². The fourth-order valence-corrected chi connectivity index (χ4v) is 30.6. The Morgan fingerprint density at radius 3 is 1.04 bits per heavy atom. The summed E-state index contributed by atoms with van der Waals surface area (Å²) in [6, 6.07) is 0. The van der Waals surface area contributed by atoms with E-state index in [0.29, 0.717) is 0 Å². The fourth-order valence-electron chi connectivity index (χ4n) is 4.50. The Labute approximate surface area is 383 Å². The Morgan fingerprint density at radius 1 is 0.353 bits per heavy atom. The Bertz CT molecular complexity index is 1470. The van der Waals surface area contributed by atoms with E-state index in [2.05, 4.69) is 108 Å². The van der Waals surface area contributed by atoms with Gasteiger partial charge in [-0.1, -0.05) is 194 Å². The molecule has 6 rings (SSSR count). The molecule has 0 nitrogen and oxygen atoms in total. The SMILES string of the molecule is CCCCCCSC1=C(SCCCCCC)SC(=C2SC3=C(SC(=C4SC(SC)=C(SCCCSC5=C(SC)SC(=C6SC=CS6)S5)S4)S3)S2)S1. The summed E-state index contributed by atoms with van der Waals surface area (Å²) < 4.78 is 21.2. The highest BCUT2D eigenvalue weighted by atomic mass is 32.3. The molecule has 0 aromatic carbocycles. The van der Waals surface area contributed by atoms with Gasteiger partial charge in [-0.25, -0.2) is 0 Å². The van der Waals surface area contributed by atoms with Crippen molar-refractivity contribution in [1.29, 1.82) is 0 Å². The van der Waals surface area contributed by atoms with E-state index in [9.17, 15) is 0 Å². The lowest BCUT2D eigenvalue weighted by Crippen LogP contribution is -1.84. The molecule has 0 unspecified atom stereocenters. The minimum atomic E-state index is 1.19. The van der Waals surface area contributed by atoms with E-state index >= 15 is 0 Å². The lowest BCUT2D eigenvalue weighted by atomic mass is 10.2. The highest BCUT2D eigenvalue weighted by Crippen LogP contribution is 2.73. The molecule has 0 spiro atoms. The Hall–Kier alpha value is 4.22. The lowest BCUT2D eigenvalue weighted by molar-refractivity contribution is 0.707. The summed E-state index contributed by atoms with van der Waals surface area (Å²) in [7, 11) is 0. The highest BCUT2D eigenvalue weighted by molar-refractivity contribution is 8.51. The molecule has 0 saturated heterocycles. The van der Waals surface area contributed by atoms with Crippen LogP contribution in [-0.4, -0.2) is 35.5 Å². The molecule has 0 aliphatic carbocycles. The van der Waals surface area contributed by atoms with E-state index < -0.39 is 0 Å². The van der Waals surface area contributed by atoms with Crippen molar-refractivity contribution in [2.75, 3.05) is 35.5 Å². The summed E-state index contributed by atoms with van der Waals surface area (Å²) in [4.78, 5) is 0. The summed E-state index contributed by atoms with van der Waals surface area (Å²) in [5.41, 5.74) is 0. The van der Waals surface area contributed by atoms with Crippen LogP contribution < -0.4 is 0 Å². The first-order chi connectivity index (χ1) is 25.1. The van der Waals surface area contributed by atoms with Gasteiger partial charge in [0.05, 0.1) is 59.3 Å². The molecular formula is C33H40S18. The van der Waals surface area contributed by atoms with Gasteiger partial charge < -0.3 is 0 Å². The van der Waals surface area contributed by atoms with Gasteiger partial charge in [0.2, 0.25) is 0 Å². The normalized spacial score (nSPS) is 20.9. The van der Waals surface area contributed by atoms with Gasteiger partial charge in [-0.3, -0.25) is 0 Å². The molecule has 0 fully saturated rings. The van der Waals surface area contributed by atoms with Gasteiger partial charge >= 0.3 is 0 Å². The van der Waals surface area contributed by atoms with Crippen LogP contribution in [0.4, 0.5) is 0 Å². The van der Waals surface area contributed by atoms with Crippen LogP contribution in [0.5, 0.6) is 0 Å². The standard InChI is InChI=1S/C33H40S18/c1-5-7-9-11-14-36-25-26(37-15-12-10-8-6-2)47-29(46-25)31-50-32-33(51-31)49-30(48-32)28-43-21(35-4)24(45-28)39-17-13-16-38-23-20(34-3)42-27(44-23)22-40-18-19-41-22/h18-19H,5-17H2,1-4H3. The highest BCUT2D eigenvalue weighted by Gasteiger charge is 2.37. The first kappa shape index (κ1) is 44.8. The van der Waals surface area contributed by atoms with Gasteiger partial charge in [-0.15, -0.1) is 70.6 Å². The third-order valence-electron chi connectivity index (χ3n) is 7.01. The number of thioether (sulfide) groups is 18. The third kappa shape index (κ3) is 13.4. The van der Waals surface area contributed by atoms with E-state index in [0.717, 1.165) is 0 Å². The second-order valence-corrected chi connectivity index (χ2v) is 32.5.